The number of fused-ring (bicyclic) bond motifs is 1. The van der Waals surface area contributed by atoms with E-state index in [0.29, 0.717) is 0 Å². The van der Waals surface area contributed by atoms with Gasteiger partial charge in [0.1, 0.15) is 12.2 Å². The molecule has 0 bridgehead atoms. The first-order valence-corrected chi connectivity index (χ1v) is 14.1. The third kappa shape index (κ3) is 4.24. The van der Waals surface area contributed by atoms with Crippen LogP contribution in [0.5, 0.6) is 0 Å². The second-order valence-corrected chi connectivity index (χ2v) is 14.7. The lowest BCUT2D eigenvalue weighted by molar-refractivity contribution is -0.0286. The first kappa shape index (κ1) is 24.6. The van der Waals surface area contributed by atoms with Crippen LogP contribution >= 0.6 is 12.2 Å². The van der Waals surface area contributed by atoms with Gasteiger partial charge in [0.05, 0.1) is 12.2 Å². The molecule has 2 aromatic carbocycles. The molecule has 4 atom stereocenters. The fourth-order valence-corrected chi connectivity index (χ4v) is 10.0. The largest absolute Gasteiger partial charge is 0.447 e. The normalized spacial score (nSPS) is 23.7. The highest BCUT2D eigenvalue weighted by molar-refractivity contribution is 7.79. The van der Waals surface area contributed by atoms with Crippen LogP contribution in [0.4, 0.5) is 0 Å². The van der Waals surface area contributed by atoms with Crippen molar-refractivity contribution in [3.63, 3.8) is 0 Å². The summed E-state index contributed by atoms with van der Waals surface area (Å²) in [6.45, 7) is 6.80. The van der Waals surface area contributed by atoms with Crippen LogP contribution in [0.25, 0.3) is 0 Å². The van der Waals surface area contributed by atoms with E-state index in [1.54, 1.807) is 0 Å². The molecule has 1 aromatic heterocycles. The van der Waals surface area contributed by atoms with Gasteiger partial charge in [-0.3, -0.25) is 9.78 Å². The number of rotatable bonds is 6. The fraction of sp³-hybridized carbons (Fsp3) is 0.346. The lowest BCUT2D eigenvalue weighted by atomic mass is 10.0. The Hall–Kier alpha value is -3.05. The summed E-state index contributed by atoms with van der Waals surface area (Å²) in [6, 6.07) is 20.6. The lowest BCUT2D eigenvalue weighted by Gasteiger charge is -2.43. The number of hydrogen-bond donors (Lipinski definition) is 2. The topological polar surface area (TPSA) is 103 Å². The van der Waals surface area contributed by atoms with Crippen molar-refractivity contribution in [1.29, 1.82) is 0 Å². The number of thiocarbonyl (C=S) groups is 1. The van der Waals surface area contributed by atoms with Crippen LogP contribution in [-0.4, -0.2) is 48.4 Å². The van der Waals surface area contributed by atoms with Crippen LogP contribution < -0.4 is 21.6 Å². The summed E-state index contributed by atoms with van der Waals surface area (Å²) in [7, 11) is -2.82. The minimum Gasteiger partial charge on any atom is -0.447 e. The van der Waals surface area contributed by atoms with Crippen LogP contribution in [0.3, 0.4) is 0 Å². The number of H-pyrrole nitrogens is 2. The molecular formula is C26H28N2O6SSi. The average molecular weight is 525 g/mol. The Labute approximate surface area is 214 Å². The van der Waals surface area contributed by atoms with E-state index in [9.17, 15) is 9.59 Å². The van der Waals surface area contributed by atoms with Crippen molar-refractivity contribution >= 4 is 36.1 Å². The maximum atomic E-state index is 12.5. The van der Waals surface area contributed by atoms with Crippen molar-refractivity contribution in [3.8, 4) is 0 Å². The summed E-state index contributed by atoms with van der Waals surface area (Å²) in [4.78, 5) is 28.8. The van der Waals surface area contributed by atoms with Gasteiger partial charge in [0.25, 0.3) is 13.9 Å². The summed E-state index contributed by atoms with van der Waals surface area (Å²) in [5, 5.41) is 2.08. The molecule has 3 heterocycles. The van der Waals surface area contributed by atoms with Crippen LogP contribution in [0.1, 0.15) is 32.4 Å². The highest BCUT2D eigenvalue weighted by Gasteiger charge is 2.56. The van der Waals surface area contributed by atoms with Gasteiger partial charge in [-0.1, -0.05) is 81.4 Å². The van der Waals surface area contributed by atoms with Crippen molar-refractivity contribution in [2.75, 3.05) is 6.61 Å². The van der Waals surface area contributed by atoms with Gasteiger partial charge < -0.3 is 23.6 Å². The summed E-state index contributed by atoms with van der Waals surface area (Å²) < 4.78 is 24.9. The van der Waals surface area contributed by atoms with E-state index >= 15 is 0 Å². The van der Waals surface area contributed by atoms with E-state index in [2.05, 4.69) is 55.0 Å². The number of benzene rings is 2. The monoisotopic (exact) mass is 524 g/mol. The number of ether oxygens (including phenoxy) is 3. The third-order valence-electron chi connectivity index (χ3n) is 6.81. The molecule has 0 radical (unpaired) electrons. The number of nitrogens with one attached hydrogen (secondary N) is 2. The molecule has 5 rings (SSSR count). The zero-order chi connectivity index (χ0) is 25.5. The molecule has 3 aromatic rings. The molecule has 188 valence electrons. The van der Waals surface area contributed by atoms with E-state index in [0.717, 1.165) is 10.4 Å². The van der Waals surface area contributed by atoms with Crippen molar-refractivity contribution < 1.29 is 18.6 Å². The van der Waals surface area contributed by atoms with Crippen molar-refractivity contribution in [2.24, 2.45) is 0 Å². The smallest absolute Gasteiger partial charge is 0.353 e. The van der Waals surface area contributed by atoms with Crippen molar-refractivity contribution in [3.05, 3.63) is 93.3 Å². The Bertz CT molecular complexity index is 1310. The SMILES string of the molecule is CC(C)(C)[Si](OC[C@H]1O[C@@H](c2c[nH]c(=O)[nH]c2=O)[C@@H]2OC(=S)O[C@@H]21)(c1ccccc1)c1ccccc1. The zero-order valence-corrected chi connectivity index (χ0v) is 22.0. The maximum absolute atomic E-state index is 12.5. The molecule has 2 N–H and O–H groups in total. The van der Waals surface area contributed by atoms with Gasteiger partial charge >= 0.3 is 10.9 Å². The summed E-state index contributed by atoms with van der Waals surface area (Å²) >= 11 is 5.18. The molecule has 0 unspecified atom stereocenters. The molecule has 0 aliphatic carbocycles. The Morgan fingerprint density at radius 2 is 1.53 bits per heavy atom. The molecule has 8 nitrogen and oxygen atoms in total. The van der Waals surface area contributed by atoms with Crippen molar-refractivity contribution in [2.45, 2.75) is 50.2 Å². The Morgan fingerprint density at radius 3 is 2.08 bits per heavy atom. The predicted molar refractivity (Wildman–Crippen MR) is 141 cm³/mol. The Kier molecular flexibility index (Phi) is 6.46. The Balaban J connectivity index is 1.51. The van der Waals surface area contributed by atoms with Gasteiger partial charge in [-0.25, -0.2) is 4.79 Å². The summed E-state index contributed by atoms with van der Waals surface area (Å²) in [6.07, 6.45) is -1.15. The fourth-order valence-electron chi connectivity index (χ4n) is 5.23. The molecule has 0 amide bonds. The van der Waals surface area contributed by atoms with E-state index < -0.39 is 44.0 Å². The second kappa shape index (κ2) is 9.43. The second-order valence-electron chi connectivity index (χ2n) is 10.0. The molecule has 2 saturated heterocycles. The quantitative estimate of drug-likeness (QED) is 0.376. The van der Waals surface area contributed by atoms with Gasteiger partial charge in [0, 0.05) is 18.4 Å². The van der Waals surface area contributed by atoms with Crippen LogP contribution in [-0.2, 0) is 18.6 Å². The highest BCUT2D eigenvalue weighted by atomic mass is 32.1. The van der Waals surface area contributed by atoms with Crippen LogP contribution in [0.15, 0.2) is 76.4 Å². The first-order chi connectivity index (χ1) is 17.2. The molecule has 36 heavy (non-hydrogen) atoms. The third-order valence-corrected chi connectivity index (χ3v) is 12.0. The number of hydrogen-bond acceptors (Lipinski definition) is 7. The van der Waals surface area contributed by atoms with E-state index in [4.69, 9.17) is 30.9 Å². The van der Waals surface area contributed by atoms with E-state index in [-0.39, 0.29) is 22.4 Å². The maximum Gasteiger partial charge on any atom is 0.353 e. The standard InChI is InChI=1S/C26H28N2O6SSi/c1-26(2,3)36(16-10-6-4-7-11-16,17-12-8-5-9-13-17)31-15-19-21-22(34-25(35)33-21)20(32-19)18-14-27-24(30)28-23(18)29/h4-14,19-22H,15H2,1-3H3,(H2,27,28,29,30)/t19-,20+,21-,22+/m1/s1. The van der Waals surface area contributed by atoms with Crippen LogP contribution in [0.2, 0.25) is 5.04 Å². The van der Waals surface area contributed by atoms with E-state index in [1.165, 1.54) is 6.20 Å². The minimum atomic E-state index is -2.82. The number of aromatic nitrogens is 2. The molecule has 2 aliphatic rings. The van der Waals surface area contributed by atoms with E-state index in [1.807, 2.05) is 36.4 Å². The molecule has 10 heteroatoms. The molecule has 2 aliphatic heterocycles. The van der Waals surface area contributed by atoms with Crippen molar-refractivity contribution in [1.82, 2.24) is 9.97 Å². The van der Waals surface area contributed by atoms with Gasteiger partial charge in [0.15, 0.2) is 12.2 Å². The predicted octanol–water partition coefficient (Wildman–Crippen LogP) is 2.15. The average Bonchev–Trinajstić information content (AvgIpc) is 3.38. The first-order valence-electron chi connectivity index (χ1n) is 11.8. The van der Waals surface area contributed by atoms with Gasteiger partial charge in [-0.05, 0) is 15.4 Å². The highest BCUT2D eigenvalue weighted by Crippen LogP contribution is 2.42. The lowest BCUT2D eigenvalue weighted by Crippen LogP contribution is -2.67. The molecule has 0 spiro atoms. The molecule has 0 saturated carbocycles. The molecular weight excluding hydrogens is 496 g/mol. The van der Waals surface area contributed by atoms with Crippen LogP contribution in [0, 0.1) is 0 Å². The molecule has 2 fully saturated rings. The van der Waals surface area contributed by atoms with Gasteiger partial charge in [0.2, 0.25) is 0 Å². The van der Waals surface area contributed by atoms with Gasteiger partial charge in [-0.15, -0.1) is 0 Å². The zero-order valence-electron chi connectivity index (χ0n) is 20.2. The Morgan fingerprint density at radius 1 is 0.944 bits per heavy atom. The minimum absolute atomic E-state index is 0.00889. The summed E-state index contributed by atoms with van der Waals surface area (Å²) in [5.74, 6) is 0. The van der Waals surface area contributed by atoms with Gasteiger partial charge in [-0.2, -0.15) is 0 Å². The summed E-state index contributed by atoms with van der Waals surface area (Å²) in [5.41, 5.74) is -0.896. The number of aromatic amines is 2.